The van der Waals surface area contributed by atoms with Crippen LogP contribution in [0.3, 0.4) is 0 Å². The van der Waals surface area contributed by atoms with Crippen LogP contribution >= 0.6 is 27.7 Å². The van der Waals surface area contributed by atoms with Crippen LogP contribution in [0.4, 0.5) is 0 Å². The zero-order valence-electron chi connectivity index (χ0n) is 10.8. The van der Waals surface area contributed by atoms with Gasteiger partial charge >= 0.3 is 0 Å². The van der Waals surface area contributed by atoms with E-state index in [1.807, 2.05) is 17.7 Å². The predicted octanol–water partition coefficient (Wildman–Crippen LogP) is 2.21. The van der Waals surface area contributed by atoms with E-state index in [9.17, 15) is 4.79 Å². The lowest BCUT2D eigenvalue weighted by molar-refractivity contribution is -0.118. The number of halogens is 1. The first-order chi connectivity index (χ1) is 9.63. The van der Waals surface area contributed by atoms with Gasteiger partial charge in [0.05, 0.1) is 5.75 Å². The fraction of sp³-hybridized carbons (Fsp3) is 0.417. The highest BCUT2D eigenvalue weighted by Crippen LogP contribution is 2.26. The van der Waals surface area contributed by atoms with Gasteiger partial charge in [-0.1, -0.05) is 11.8 Å². The Morgan fingerprint density at radius 2 is 2.35 bits per heavy atom. The van der Waals surface area contributed by atoms with E-state index in [1.165, 1.54) is 11.8 Å². The molecule has 0 unspecified atom stereocenters. The molecule has 0 aliphatic heterocycles. The van der Waals surface area contributed by atoms with Crippen LogP contribution in [0, 0.1) is 0 Å². The maximum absolute atomic E-state index is 11.6. The van der Waals surface area contributed by atoms with Gasteiger partial charge in [-0.25, -0.2) is 0 Å². The number of amides is 1. The third-order valence-electron chi connectivity index (χ3n) is 2.90. The lowest BCUT2D eigenvalue weighted by atomic mass is 10.4. The third-order valence-corrected chi connectivity index (χ3v) is 4.35. The van der Waals surface area contributed by atoms with E-state index < -0.39 is 0 Å². The number of rotatable bonds is 5. The van der Waals surface area contributed by atoms with Crippen LogP contribution in [0.5, 0.6) is 0 Å². The Kier molecular flexibility index (Phi) is 3.84. The van der Waals surface area contributed by atoms with Crippen LogP contribution in [0.25, 0.3) is 11.6 Å². The maximum Gasteiger partial charge on any atom is 0.230 e. The van der Waals surface area contributed by atoms with Gasteiger partial charge in [0.25, 0.3) is 0 Å². The molecule has 0 atom stereocenters. The highest BCUT2D eigenvalue weighted by molar-refractivity contribution is 9.10. The number of carbonyl (C=O) groups excluding carboxylic acids is 1. The molecule has 1 aliphatic carbocycles. The van der Waals surface area contributed by atoms with E-state index in [1.54, 1.807) is 6.07 Å². The molecule has 1 saturated carbocycles. The van der Waals surface area contributed by atoms with Crippen LogP contribution in [-0.2, 0) is 11.8 Å². The molecule has 0 spiro atoms. The summed E-state index contributed by atoms with van der Waals surface area (Å²) in [6, 6.07) is 4.01. The first kappa shape index (κ1) is 13.7. The van der Waals surface area contributed by atoms with E-state index in [4.69, 9.17) is 4.42 Å². The van der Waals surface area contributed by atoms with Crippen molar-refractivity contribution in [1.29, 1.82) is 0 Å². The van der Waals surface area contributed by atoms with Crippen LogP contribution in [0.2, 0.25) is 0 Å². The summed E-state index contributed by atoms with van der Waals surface area (Å²) in [5.74, 6) is 1.68. The Balaban J connectivity index is 1.65. The first-order valence-electron chi connectivity index (χ1n) is 6.21. The molecular formula is C12H13BrN4O2S. The summed E-state index contributed by atoms with van der Waals surface area (Å²) in [6.45, 7) is 0. The molecular weight excluding hydrogens is 344 g/mol. The number of nitrogens with one attached hydrogen (secondary N) is 1. The van der Waals surface area contributed by atoms with Crippen molar-refractivity contribution in [1.82, 2.24) is 20.1 Å². The van der Waals surface area contributed by atoms with Crippen molar-refractivity contribution in [2.24, 2.45) is 7.05 Å². The van der Waals surface area contributed by atoms with Gasteiger partial charge in [0, 0.05) is 13.1 Å². The second-order valence-corrected chi connectivity index (χ2v) is 6.32. The molecule has 0 saturated heterocycles. The topological polar surface area (TPSA) is 73.0 Å². The fourth-order valence-corrected chi connectivity index (χ4v) is 2.75. The molecule has 0 aromatic carbocycles. The van der Waals surface area contributed by atoms with E-state index in [2.05, 4.69) is 31.4 Å². The third kappa shape index (κ3) is 3.06. The van der Waals surface area contributed by atoms with Gasteiger partial charge in [0.1, 0.15) is 0 Å². The van der Waals surface area contributed by atoms with Gasteiger partial charge in [-0.05, 0) is 40.9 Å². The largest absolute Gasteiger partial charge is 0.446 e. The van der Waals surface area contributed by atoms with Crippen LogP contribution in [-0.4, -0.2) is 32.5 Å². The summed E-state index contributed by atoms with van der Waals surface area (Å²) in [6.07, 6.45) is 2.19. The molecule has 20 heavy (non-hydrogen) atoms. The van der Waals surface area contributed by atoms with Gasteiger partial charge in [-0.15, -0.1) is 10.2 Å². The minimum atomic E-state index is 0.0443. The molecule has 1 N–H and O–H groups in total. The van der Waals surface area contributed by atoms with Crippen molar-refractivity contribution in [3.05, 3.63) is 16.8 Å². The minimum Gasteiger partial charge on any atom is -0.446 e. The molecule has 8 heteroatoms. The molecule has 0 radical (unpaired) electrons. The van der Waals surface area contributed by atoms with E-state index in [0.717, 1.165) is 12.8 Å². The van der Waals surface area contributed by atoms with Crippen LogP contribution < -0.4 is 5.32 Å². The molecule has 6 nitrogen and oxygen atoms in total. The second kappa shape index (κ2) is 5.61. The summed E-state index contributed by atoms with van der Waals surface area (Å²) >= 11 is 4.63. The second-order valence-electron chi connectivity index (χ2n) is 4.60. The smallest absolute Gasteiger partial charge is 0.230 e. The Labute approximate surface area is 128 Å². The summed E-state index contributed by atoms with van der Waals surface area (Å²) in [7, 11) is 1.85. The first-order valence-corrected chi connectivity index (χ1v) is 7.98. The number of aromatic nitrogens is 3. The van der Waals surface area contributed by atoms with E-state index >= 15 is 0 Å². The normalized spacial score (nSPS) is 14.5. The Morgan fingerprint density at radius 1 is 1.55 bits per heavy atom. The average molecular weight is 357 g/mol. The Morgan fingerprint density at radius 3 is 3.00 bits per heavy atom. The van der Waals surface area contributed by atoms with Crippen molar-refractivity contribution in [3.63, 3.8) is 0 Å². The van der Waals surface area contributed by atoms with Gasteiger partial charge in [0.2, 0.25) is 5.91 Å². The predicted molar refractivity (Wildman–Crippen MR) is 78.3 cm³/mol. The molecule has 1 amide bonds. The molecule has 0 bridgehead atoms. The number of hydrogen-bond donors (Lipinski definition) is 1. The number of thioether (sulfide) groups is 1. The summed E-state index contributed by atoms with van der Waals surface area (Å²) in [5.41, 5.74) is 0. The van der Waals surface area contributed by atoms with Crippen molar-refractivity contribution in [3.8, 4) is 11.6 Å². The van der Waals surface area contributed by atoms with Crippen LogP contribution in [0.1, 0.15) is 12.8 Å². The van der Waals surface area contributed by atoms with Crippen molar-refractivity contribution in [2.75, 3.05) is 5.75 Å². The Hall–Kier alpha value is -1.28. The lowest BCUT2D eigenvalue weighted by Crippen LogP contribution is -2.27. The molecule has 106 valence electrons. The van der Waals surface area contributed by atoms with E-state index in [-0.39, 0.29) is 5.91 Å². The summed E-state index contributed by atoms with van der Waals surface area (Å²) in [4.78, 5) is 11.6. The molecule has 2 heterocycles. The number of furan rings is 1. The highest BCUT2D eigenvalue weighted by Gasteiger charge is 2.23. The molecule has 2 aromatic heterocycles. The van der Waals surface area contributed by atoms with Gasteiger partial charge in [0.15, 0.2) is 21.4 Å². The van der Waals surface area contributed by atoms with E-state index in [0.29, 0.717) is 33.2 Å². The average Bonchev–Trinajstić information content (AvgIpc) is 3.00. The zero-order chi connectivity index (χ0) is 14.1. The number of nitrogens with zero attached hydrogens (tertiary/aromatic N) is 3. The lowest BCUT2D eigenvalue weighted by Gasteiger charge is -2.03. The monoisotopic (exact) mass is 356 g/mol. The molecule has 1 aliphatic rings. The molecule has 3 rings (SSSR count). The molecule has 1 fully saturated rings. The van der Waals surface area contributed by atoms with Crippen molar-refractivity contribution >= 4 is 33.6 Å². The standard InChI is InChI=1S/C12H13BrN4O2S/c1-17-11(8-4-5-9(13)19-8)15-16-12(17)20-6-10(18)14-7-2-3-7/h4-5,7H,2-3,6H2,1H3,(H,14,18). The SMILES string of the molecule is Cn1c(SCC(=O)NC2CC2)nnc1-c1ccc(Br)o1. The molecule has 2 aromatic rings. The van der Waals surface area contributed by atoms with Crippen molar-refractivity contribution in [2.45, 2.75) is 24.0 Å². The maximum atomic E-state index is 11.6. The number of hydrogen-bond acceptors (Lipinski definition) is 5. The quantitative estimate of drug-likeness (QED) is 0.831. The summed E-state index contributed by atoms with van der Waals surface area (Å²) < 4.78 is 7.92. The van der Waals surface area contributed by atoms with Crippen molar-refractivity contribution < 1.29 is 9.21 Å². The fourth-order valence-electron chi connectivity index (χ4n) is 1.72. The van der Waals surface area contributed by atoms with Gasteiger partial charge < -0.3 is 14.3 Å². The minimum absolute atomic E-state index is 0.0443. The summed E-state index contributed by atoms with van der Waals surface area (Å²) in [5, 5.41) is 11.8. The van der Waals surface area contributed by atoms with Crippen LogP contribution in [0.15, 0.2) is 26.4 Å². The highest BCUT2D eigenvalue weighted by atomic mass is 79.9. The zero-order valence-corrected chi connectivity index (χ0v) is 13.2. The van der Waals surface area contributed by atoms with Gasteiger partial charge in [-0.3, -0.25) is 4.79 Å². The Bertz CT molecular complexity index is 635. The number of carbonyl (C=O) groups is 1. The van der Waals surface area contributed by atoms with Gasteiger partial charge in [-0.2, -0.15) is 0 Å².